The number of carbonyl (C=O) groups excluding carboxylic acids is 1. The molecule has 1 unspecified atom stereocenters. The largest absolute Gasteiger partial charge is 0.479 e. The van der Waals surface area contributed by atoms with E-state index < -0.39 is 18.1 Å². The number of aryl methyl sites for hydroxylation is 1. The van der Waals surface area contributed by atoms with Crippen LogP contribution in [0.2, 0.25) is 0 Å². The topological polar surface area (TPSA) is 129 Å². The Bertz CT molecular complexity index is 404. The summed E-state index contributed by atoms with van der Waals surface area (Å²) in [5.41, 5.74) is 0. The van der Waals surface area contributed by atoms with Crippen LogP contribution in [0.15, 0.2) is 6.33 Å². The van der Waals surface area contributed by atoms with Gasteiger partial charge >= 0.3 is 12.0 Å². The van der Waals surface area contributed by atoms with Crippen molar-refractivity contribution in [2.24, 2.45) is 7.05 Å². The Morgan fingerprint density at radius 3 is 2.76 bits per heavy atom. The van der Waals surface area contributed by atoms with Gasteiger partial charge in [0, 0.05) is 7.05 Å². The third-order valence-corrected chi connectivity index (χ3v) is 1.80. The number of urea groups is 1. The number of aromatic nitrogens is 3. The molecule has 1 aromatic heterocycles. The number of hydrogen-bond acceptors (Lipinski definition) is 5. The molecule has 9 nitrogen and oxygen atoms in total. The fraction of sp³-hybridized carbons (Fsp3) is 0.500. The molecule has 17 heavy (non-hydrogen) atoms. The quantitative estimate of drug-likeness (QED) is 0.476. The molecule has 0 aromatic carbocycles. The fourth-order valence-corrected chi connectivity index (χ4v) is 0.963. The van der Waals surface area contributed by atoms with Gasteiger partial charge < -0.3 is 20.8 Å². The van der Waals surface area contributed by atoms with Crippen molar-refractivity contribution in [1.29, 1.82) is 0 Å². The second kappa shape index (κ2) is 5.80. The minimum Gasteiger partial charge on any atom is -0.479 e. The van der Waals surface area contributed by atoms with E-state index in [1.54, 1.807) is 7.05 Å². The number of aliphatic carboxylic acids is 1. The Morgan fingerprint density at radius 2 is 2.24 bits per heavy atom. The van der Waals surface area contributed by atoms with Gasteiger partial charge in [-0.15, -0.1) is 0 Å². The molecule has 94 valence electrons. The maximum Gasteiger partial charge on any atom is 0.334 e. The van der Waals surface area contributed by atoms with E-state index >= 15 is 0 Å². The van der Waals surface area contributed by atoms with Crippen molar-refractivity contribution in [3.05, 3.63) is 12.2 Å². The minimum absolute atomic E-state index is 0.121. The van der Waals surface area contributed by atoms with Crippen LogP contribution in [-0.2, 0) is 18.4 Å². The van der Waals surface area contributed by atoms with E-state index in [4.69, 9.17) is 10.2 Å². The van der Waals surface area contributed by atoms with Crippen molar-refractivity contribution in [3.8, 4) is 0 Å². The molecule has 2 amide bonds. The average molecular weight is 243 g/mol. The molecule has 1 atom stereocenters. The molecule has 0 saturated carbocycles. The zero-order chi connectivity index (χ0) is 12.8. The summed E-state index contributed by atoms with van der Waals surface area (Å²) in [5.74, 6) is -0.960. The number of rotatable bonds is 5. The van der Waals surface area contributed by atoms with Crippen LogP contribution in [0.1, 0.15) is 5.82 Å². The molecule has 0 fully saturated rings. The predicted octanol–water partition coefficient (Wildman–Crippen LogP) is -1.94. The third-order valence-electron chi connectivity index (χ3n) is 1.80. The summed E-state index contributed by atoms with van der Waals surface area (Å²) in [5, 5.41) is 25.8. The Morgan fingerprint density at radius 1 is 1.53 bits per heavy atom. The fourth-order valence-electron chi connectivity index (χ4n) is 0.963. The van der Waals surface area contributed by atoms with Crippen molar-refractivity contribution in [3.63, 3.8) is 0 Å². The normalized spacial score (nSPS) is 11.9. The van der Waals surface area contributed by atoms with Gasteiger partial charge in [-0.25, -0.2) is 14.6 Å². The van der Waals surface area contributed by atoms with Crippen molar-refractivity contribution in [1.82, 2.24) is 25.4 Å². The maximum atomic E-state index is 11.2. The highest BCUT2D eigenvalue weighted by Crippen LogP contribution is 1.86. The van der Waals surface area contributed by atoms with E-state index in [1.807, 2.05) is 0 Å². The number of carbonyl (C=O) groups is 2. The van der Waals surface area contributed by atoms with E-state index in [1.165, 1.54) is 11.0 Å². The zero-order valence-electron chi connectivity index (χ0n) is 9.12. The molecule has 0 aliphatic rings. The SMILES string of the molecule is Cn1cnc(CNC(=O)NCC(O)C(=O)O)n1. The summed E-state index contributed by atoms with van der Waals surface area (Å²) in [6, 6.07) is -0.599. The molecule has 1 aromatic rings. The van der Waals surface area contributed by atoms with Gasteiger partial charge in [0.25, 0.3) is 0 Å². The molecule has 1 heterocycles. The van der Waals surface area contributed by atoms with Gasteiger partial charge in [0.15, 0.2) is 11.9 Å². The smallest absolute Gasteiger partial charge is 0.334 e. The van der Waals surface area contributed by atoms with Gasteiger partial charge in [-0.2, -0.15) is 5.10 Å². The van der Waals surface area contributed by atoms with Crippen LogP contribution < -0.4 is 10.6 Å². The van der Waals surface area contributed by atoms with Gasteiger partial charge in [-0.3, -0.25) is 4.68 Å². The molecular weight excluding hydrogens is 230 g/mol. The van der Waals surface area contributed by atoms with E-state index in [0.29, 0.717) is 5.82 Å². The number of nitrogens with one attached hydrogen (secondary N) is 2. The lowest BCUT2D eigenvalue weighted by molar-refractivity contribution is -0.146. The Balaban J connectivity index is 2.24. The Labute approximate surface area is 96.5 Å². The lowest BCUT2D eigenvalue weighted by Crippen LogP contribution is -2.41. The summed E-state index contributed by atoms with van der Waals surface area (Å²) in [7, 11) is 1.69. The van der Waals surface area contributed by atoms with Crippen LogP contribution in [-0.4, -0.2) is 49.6 Å². The molecule has 0 aliphatic heterocycles. The number of aliphatic hydroxyl groups is 1. The van der Waals surface area contributed by atoms with Crippen molar-refractivity contribution < 1.29 is 19.8 Å². The monoisotopic (exact) mass is 243 g/mol. The van der Waals surface area contributed by atoms with E-state index in [-0.39, 0.29) is 13.1 Å². The molecule has 0 bridgehead atoms. The van der Waals surface area contributed by atoms with Gasteiger partial charge in [0.1, 0.15) is 6.33 Å². The molecule has 0 aliphatic carbocycles. The minimum atomic E-state index is -1.62. The van der Waals surface area contributed by atoms with Crippen LogP contribution in [0.5, 0.6) is 0 Å². The van der Waals surface area contributed by atoms with Crippen molar-refractivity contribution >= 4 is 12.0 Å². The molecule has 1 rings (SSSR count). The number of carboxylic acid groups (broad SMARTS) is 1. The van der Waals surface area contributed by atoms with Crippen molar-refractivity contribution in [2.75, 3.05) is 6.54 Å². The Hall–Kier alpha value is -2.16. The van der Waals surface area contributed by atoms with E-state index in [2.05, 4.69) is 20.7 Å². The summed E-state index contributed by atoms with van der Waals surface area (Å²) < 4.78 is 1.49. The Kier molecular flexibility index (Phi) is 4.40. The van der Waals surface area contributed by atoms with Crippen LogP contribution in [0, 0.1) is 0 Å². The summed E-state index contributed by atoms with van der Waals surface area (Å²) in [6.45, 7) is -0.243. The molecule has 0 radical (unpaired) electrons. The number of carboxylic acids is 1. The van der Waals surface area contributed by atoms with Crippen molar-refractivity contribution in [2.45, 2.75) is 12.6 Å². The van der Waals surface area contributed by atoms with Crippen LogP contribution in [0.4, 0.5) is 4.79 Å². The van der Waals surface area contributed by atoms with Crippen LogP contribution >= 0.6 is 0 Å². The lowest BCUT2D eigenvalue weighted by atomic mass is 10.4. The molecular formula is C8H13N5O4. The predicted molar refractivity (Wildman–Crippen MR) is 54.9 cm³/mol. The lowest BCUT2D eigenvalue weighted by Gasteiger charge is -2.08. The number of hydrogen-bond donors (Lipinski definition) is 4. The number of aliphatic hydroxyl groups excluding tert-OH is 1. The highest BCUT2D eigenvalue weighted by molar-refractivity contribution is 5.76. The summed E-state index contributed by atoms with van der Waals surface area (Å²) in [4.78, 5) is 25.3. The van der Waals surface area contributed by atoms with E-state index in [0.717, 1.165) is 0 Å². The number of amides is 2. The second-order valence-electron chi connectivity index (χ2n) is 3.25. The molecule has 0 saturated heterocycles. The molecule has 9 heteroatoms. The highest BCUT2D eigenvalue weighted by atomic mass is 16.4. The highest BCUT2D eigenvalue weighted by Gasteiger charge is 2.13. The van der Waals surface area contributed by atoms with Gasteiger partial charge in [-0.05, 0) is 0 Å². The summed E-state index contributed by atoms with van der Waals surface area (Å²) >= 11 is 0. The first kappa shape index (κ1) is 12.9. The van der Waals surface area contributed by atoms with Crippen LogP contribution in [0.25, 0.3) is 0 Å². The standard InChI is InChI=1S/C8H13N5O4/c1-13-4-11-6(12-13)3-10-8(17)9-2-5(14)7(15)16/h4-5,14H,2-3H2,1H3,(H,15,16)(H2,9,10,17). The summed E-state index contributed by atoms with van der Waals surface area (Å²) in [6.07, 6.45) is -0.128. The van der Waals surface area contributed by atoms with Gasteiger partial charge in [-0.1, -0.05) is 0 Å². The molecule has 4 N–H and O–H groups in total. The van der Waals surface area contributed by atoms with Gasteiger partial charge in [0.05, 0.1) is 13.1 Å². The second-order valence-corrected chi connectivity index (χ2v) is 3.25. The average Bonchev–Trinajstić information content (AvgIpc) is 2.69. The maximum absolute atomic E-state index is 11.2. The first-order valence-electron chi connectivity index (χ1n) is 4.76. The molecule has 0 spiro atoms. The first-order valence-corrected chi connectivity index (χ1v) is 4.76. The first-order chi connectivity index (χ1) is 7.99. The third kappa shape index (κ3) is 4.47. The number of nitrogens with zero attached hydrogens (tertiary/aromatic N) is 3. The van der Waals surface area contributed by atoms with Crippen LogP contribution in [0.3, 0.4) is 0 Å². The zero-order valence-corrected chi connectivity index (χ0v) is 9.12. The van der Waals surface area contributed by atoms with Gasteiger partial charge in [0.2, 0.25) is 0 Å². The van der Waals surface area contributed by atoms with E-state index in [9.17, 15) is 9.59 Å².